The van der Waals surface area contributed by atoms with Gasteiger partial charge in [-0.3, -0.25) is 4.79 Å². The predicted octanol–water partition coefficient (Wildman–Crippen LogP) is 6.23. The van der Waals surface area contributed by atoms with Gasteiger partial charge in [-0.1, -0.05) is 80.9 Å². The van der Waals surface area contributed by atoms with Gasteiger partial charge < -0.3 is 15.4 Å². The Morgan fingerprint density at radius 1 is 0.969 bits per heavy atom. The summed E-state index contributed by atoms with van der Waals surface area (Å²) >= 11 is 11.4. The van der Waals surface area contributed by atoms with Crippen molar-refractivity contribution in [2.24, 2.45) is 0 Å². The van der Waals surface area contributed by atoms with Crippen LogP contribution in [0.15, 0.2) is 72.8 Å². The number of hydrogen-bond acceptors (Lipinski definition) is 3. The molecule has 0 saturated heterocycles. The number of halogens is 1. The molecule has 0 aliphatic heterocycles. The lowest BCUT2D eigenvalue weighted by Gasteiger charge is -2.19. The number of rotatable bonds is 7. The highest BCUT2D eigenvalue weighted by Gasteiger charge is 2.15. The molecular formula is C26H27ClN2O2S. The lowest BCUT2D eigenvalue weighted by Crippen LogP contribution is -2.32. The van der Waals surface area contributed by atoms with Gasteiger partial charge in [-0.15, -0.1) is 0 Å². The van der Waals surface area contributed by atoms with Crippen LogP contribution in [0.5, 0.6) is 5.75 Å². The van der Waals surface area contributed by atoms with E-state index in [1.165, 1.54) is 5.56 Å². The van der Waals surface area contributed by atoms with Gasteiger partial charge in [0.05, 0.1) is 11.6 Å². The van der Waals surface area contributed by atoms with E-state index in [4.69, 9.17) is 28.6 Å². The summed E-state index contributed by atoms with van der Waals surface area (Å²) in [6.45, 7) is 7.38. The molecule has 3 aromatic rings. The van der Waals surface area contributed by atoms with E-state index in [9.17, 15) is 4.79 Å². The van der Waals surface area contributed by atoms with Gasteiger partial charge in [-0.05, 0) is 47.5 Å². The molecule has 0 aliphatic rings. The van der Waals surface area contributed by atoms with Gasteiger partial charge in [-0.25, -0.2) is 0 Å². The summed E-state index contributed by atoms with van der Waals surface area (Å²) in [6.07, 6.45) is 0. The number of anilines is 1. The maximum atomic E-state index is 12.9. The number of carbonyl (C=O) groups excluding carboxylic acids is 1. The fraction of sp³-hybridized carbons (Fsp3) is 0.231. The minimum atomic E-state index is -0.0267. The molecule has 0 aromatic heterocycles. The second-order valence-electron chi connectivity index (χ2n) is 8.40. The number of para-hydroxylation sites is 1. The molecule has 0 aliphatic carbocycles. The SMILES string of the molecule is CC(C)(C)c1ccc(C(=O)c2cccc(NC(=S)NCCOc3ccccc3Cl)c2)cc1. The molecule has 0 fully saturated rings. The van der Waals surface area contributed by atoms with E-state index < -0.39 is 0 Å². The van der Waals surface area contributed by atoms with Crippen LogP contribution in [0.25, 0.3) is 0 Å². The molecule has 166 valence electrons. The van der Waals surface area contributed by atoms with Crippen molar-refractivity contribution in [1.29, 1.82) is 0 Å². The third-order valence-electron chi connectivity index (χ3n) is 4.88. The number of benzene rings is 3. The number of carbonyl (C=O) groups is 1. The van der Waals surface area contributed by atoms with Crippen LogP contribution in [-0.4, -0.2) is 24.0 Å². The van der Waals surface area contributed by atoms with Gasteiger partial charge in [0, 0.05) is 16.8 Å². The largest absolute Gasteiger partial charge is 0.490 e. The summed E-state index contributed by atoms with van der Waals surface area (Å²) < 4.78 is 5.64. The molecule has 3 aromatic carbocycles. The molecule has 32 heavy (non-hydrogen) atoms. The Bertz CT molecular complexity index is 1090. The summed E-state index contributed by atoms with van der Waals surface area (Å²) in [5, 5.41) is 7.23. The van der Waals surface area contributed by atoms with Crippen LogP contribution >= 0.6 is 23.8 Å². The average Bonchev–Trinajstić information content (AvgIpc) is 2.77. The van der Waals surface area contributed by atoms with E-state index in [-0.39, 0.29) is 11.2 Å². The quantitative estimate of drug-likeness (QED) is 0.245. The third kappa shape index (κ3) is 6.55. The van der Waals surface area contributed by atoms with Crippen molar-refractivity contribution < 1.29 is 9.53 Å². The highest BCUT2D eigenvalue weighted by atomic mass is 35.5. The van der Waals surface area contributed by atoms with Crippen molar-refractivity contribution >= 4 is 40.4 Å². The fourth-order valence-electron chi connectivity index (χ4n) is 3.09. The molecule has 0 spiro atoms. The molecule has 0 unspecified atom stereocenters. The zero-order valence-corrected chi connectivity index (χ0v) is 20.0. The van der Waals surface area contributed by atoms with Crippen molar-refractivity contribution in [2.75, 3.05) is 18.5 Å². The predicted molar refractivity (Wildman–Crippen MR) is 136 cm³/mol. The van der Waals surface area contributed by atoms with E-state index in [2.05, 4.69) is 31.4 Å². The Hall–Kier alpha value is -2.89. The first kappa shape index (κ1) is 23.8. The zero-order valence-electron chi connectivity index (χ0n) is 18.4. The van der Waals surface area contributed by atoms with Crippen LogP contribution in [0.3, 0.4) is 0 Å². The van der Waals surface area contributed by atoms with Crippen LogP contribution in [0.4, 0.5) is 5.69 Å². The van der Waals surface area contributed by atoms with Crippen LogP contribution in [-0.2, 0) is 5.41 Å². The summed E-state index contributed by atoms with van der Waals surface area (Å²) in [5.74, 6) is 0.609. The van der Waals surface area contributed by atoms with Gasteiger partial charge in [0.2, 0.25) is 0 Å². The van der Waals surface area contributed by atoms with E-state index in [1.807, 2.05) is 54.6 Å². The normalized spacial score (nSPS) is 11.0. The number of hydrogen-bond donors (Lipinski definition) is 2. The summed E-state index contributed by atoms with van der Waals surface area (Å²) in [5.41, 5.74) is 3.24. The molecule has 0 radical (unpaired) electrons. The van der Waals surface area contributed by atoms with Crippen molar-refractivity contribution in [2.45, 2.75) is 26.2 Å². The Morgan fingerprint density at radius 2 is 1.69 bits per heavy atom. The highest BCUT2D eigenvalue weighted by molar-refractivity contribution is 7.80. The number of ether oxygens (including phenoxy) is 1. The summed E-state index contributed by atoms with van der Waals surface area (Å²) in [7, 11) is 0. The molecule has 0 bridgehead atoms. The third-order valence-corrected chi connectivity index (χ3v) is 5.44. The van der Waals surface area contributed by atoms with Crippen LogP contribution < -0.4 is 15.4 Å². The molecule has 6 heteroatoms. The van der Waals surface area contributed by atoms with E-state index >= 15 is 0 Å². The Morgan fingerprint density at radius 3 is 2.38 bits per heavy atom. The van der Waals surface area contributed by atoms with Crippen molar-refractivity contribution in [3.63, 3.8) is 0 Å². The minimum Gasteiger partial charge on any atom is -0.490 e. The van der Waals surface area contributed by atoms with Gasteiger partial charge in [0.25, 0.3) is 0 Å². The molecule has 4 nitrogen and oxygen atoms in total. The number of thiocarbonyl (C=S) groups is 1. The second-order valence-corrected chi connectivity index (χ2v) is 9.21. The summed E-state index contributed by atoms with van der Waals surface area (Å²) in [6, 6.07) is 22.4. The topological polar surface area (TPSA) is 50.4 Å². The van der Waals surface area contributed by atoms with Gasteiger partial charge >= 0.3 is 0 Å². The first-order valence-electron chi connectivity index (χ1n) is 10.4. The van der Waals surface area contributed by atoms with Crippen molar-refractivity contribution in [3.05, 3.63) is 94.5 Å². The van der Waals surface area contributed by atoms with E-state index in [0.29, 0.717) is 40.2 Å². The Kier molecular flexibility index (Phi) is 7.89. The fourth-order valence-corrected chi connectivity index (χ4v) is 3.50. The molecule has 0 atom stereocenters. The molecule has 3 rings (SSSR count). The van der Waals surface area contributed by atoms with Crippen LogP contribution in [0, 0.1) is 0 Å². The minimum absolute atomic E-state index is 0.0267. The van der Waals surface area contributed by atoms with E-state index in [1.54, 1.807) is 18.2 Å². The molecule has 2 N–H and O–H groups in total. The van der Waals surface area contributed by atoms with Gasteiger partial charge in [-0.2, -0.15) is 0 Å². The highest BCUT2D eigenvalue weighted by Crippen LogP contribution is 2.24. The zero-order chi connectivity index (χ0) is 23.1. The van der Waals surface area contributed by atoms with Crippen molar-refractivity contribution in [3.8, 4) is 5.75 Å². The maximum absolute atomic E-state index is 12.9. The smallest absolute Gasteiger partial charge is 0.193 e. The van der Waals surface area contributed by atoms with Crippen LogP contribution in [0.2, 0.25) is 5.02 Å². The first-order valence-corrected chi connectivity index (χ1v) is 11.2. The average molecular weight is 467 g/mol. The molecular weight excluding hydrogens is 440 g/mol. The first-order chi connectivity index (χ1) is 15.2. The monoisotopic (exact) mass is 466 g/mol. The van der Waals surface area contributed by atoms with Gasteiger partial charge in [0.1, 0.15) is 12.4 Å². The number of ketones is 1. The van der Waals surface area contributed by atoms with E-state index in [0.717, 1.165) is 5.69 Å². The van der Waals surface area contributed by atoms with Gasteiger partial charge in [0.15, 0.2) is 10.9 Å². The lowest BCUT2D eigenvalue weighted by molar-refractivity contribution is 0.103. The molecule has 0 amide bonds. The standard InChI is InChI=1S/C26H27ClN2O2S/c1-26(2,3)20-13-11-18(12-14-20)24(30)19-7-6-8-21(17-19)29-25(32)28-15-16-31-23-10-5-4-9-22(23)27/h4-14,17H,15-16H2,1-3H3,(H2,28,29,32). The van der Waals surface area contributed by atoms with Crippen molar-refractivity contribution in [1.82, 2.24) is 5.32 Å². The van der Waals surface area contributed by atoms with Crippen LogP contribution in [0.1, 0.15) is 42.3 Å². The number of nitrogens with one attached hydrogen (secondary N) is 2. The second kappa shape index (κ2) is 10.6. The Balaban J connectivity index is 1.54. The molecule has 0 saturated carbocycles. The lowest BCUT2D eigenvalue weighted by atomic mass is 9.86. The molecule has 0 heterocycles. The maximum Gasteiger partial charge on any atom is 0.193 e. The Labute approximate surface area is 200 Å². The summed E-state index contributed by atoms with van der Waals surface area (Å²) in [4.78, 5) is 12.9.